The van der Waals surface area contributed by atoms with Gasteiger partial charge in [-0.2, -0.15) is 4.98 Å². The SMILES string of the molecule is CCOc1cc(C(=O)NC(c2nc(-c3ccncc3)no2)C(C)C)c([N+](=O)[O-])cc1OC. The zero-order valence-electron chi connectivity index (χ0n) is 18.1. The van der Waals surface area contributed by atoms with E-state index in [1.165, 1.54) is 19.2 Å². The summed E-state index contributed by atoms with van der Waals surface area (Å²) in [4.78, 5) is 32.4. The Morgan fingerprint density at radius 2 is 1.97 bits per heavy atom. The van der Waals surface area contributed by atoms with Crippen molar-refractivity contribution >= 4 is 11.6 Å². The zero-order valence-corrected chi connectivity index (χ0v) is 18.1. The Balaban J connectivity index is 1.94. The third-order valence-corrected chi connectivity index (χ3v) is 4.62. The van der Waals surface area contributed by atoms with Crippen LogP contribution in [0.3, 0.4) is 0 Å². The van der Waals surface area contributed by atoms with Crippen LogP contribution in [0, 0.1) is 16.0 Å². The Morgan fingerprint density at radius 1 is 1.25 bits per heavy atom. The summed E-state index contributed by atoms with van der Waals surface area (Å²) >= 11 is 0. The molecule has 1 aromatic carbocycles. The molecule has 1 unspecified atom stereocenters. The molecule has 0 saturated heterocycles. The highest BCUT2D eigenvalue weighted by atomic mass is 16.6. The maximum absolute atomic E-state index is 13.1. The largest absolute Gasteiger partial charge is 0.493 e. The van der Waals surface area contributed by atoms with Crippen molar-refractivity contribution in [1.29, 1.82) is 0 Å². The summed E-state index contributed by atoms with van der Waals surface area (Å²) in [6.07, 6.45) is 3.21. The van der Waals surface area contributed by atoms with Crippen molar-refractivity contribution in [3.05, 3.63) is 58.2 Å². The number of hydrogen-bond donors (Lipinski definition) is 1. The molecule has 0 aliphatic rings. The van der Waals surface area contributed by atoms with E-state index in [4.69, 9.17) is 14.0 Å². The molecule has 0 saturated carbocycles. The van der Waals surface area contributed by atoms with Gasteiger partial charge in [-0.15, -0.1) is 0 Å². The molecule has 3 aromatic rings. The first-order chi connectivity index (χ1) is 15.3. The number of carbonyl (C=O) groups is 1. The van der Waals surface area contributed by atoms with E-state index in [2.05, 4.69) is 20.4 Å². The molecule has 32 heavy (non-hydrogen) atoms. The first-order valence-corrected chi connectivity index (χ1v) is 9.89. The molecular formula is C21H23N5O6. The number of pyridine rings is 1. The molecule has 3 rings (SSSR count). The number of nitro groups is 1. The number of carbonyl (C=O) groups excluding carboxylic acids is 1. The molecule has 2 heterocycles. The van der Waals surface area contributed by atoms with Crippen molar-refractivity contribution in [2.45, 2.75) is 26.8 Å². The van der Waals surface area contributed by atoms with Crippen LogP contribution in [0.1, 0.15) is 43.1 Å². The minimum atomic E-state index is -0.678. The summed E-state index contributed by atoms with van der Waals surface area (Å²) in [5, 5.41) is 18.3. The van der Waals surface area contributed by atoms with Crippen LogP contribution in [0.25, 0.3) is 11.4 Å². The predicted octanol–water partition coefficient (Wildman–Crippen LogP) is 3.57. The molecule has 0 fully saturated rings. The van der Waals surface area contributed by atoms with Gasteiger partial charge in [0.25, 0.3) is 11.6 Å². The Bertz CT molecular complexity index is 1100. The number of hydrogen-bond acceptors (Lipinski definition) is 9. The van der Waals surface area contributed by atoms with Crippen LogP contribution in [0.4, 0.5) is 5.69 Å². The number of benzene rings is 1. The number of rotatable bonds is 9. The number of nitro benzene ring substituents is 1. The van der Waals surface area contributed by atoms with Crippen molar-refractivity contribution in [2.75, 3.05) is 13.7 Å². The Labute approximate surface area is 183 Å². The lowest BCUT2D eigenvalue weighted by atomic mass is 10.0. The number of amides is 1. The molecule has 11 nitrogen and oxygen atoms in total. The Hall–Kier alpha value is -4.02. The second kappa shape index (κ2) is 9.86. The van der Waals surface area contributed by atoms with Gasteiger partial charge in [0.05, 0.1) is 24.7 Å². The molecule has 1 N–H and O–H groups in total. The maximum Gasteiger partial charge on any atom is 0.286 e. The highest BCUT2D eigenvalue weighted by molar-refractivity contribution is 5.99. The van der Waals surface area contributed by atoms with E-state index in [0.717, 1.165) is 0 Å². The fraction of sp³-hybridized carbons (Fsp3) is 0.333. The smallest absolute Gasteiger partial charge is 0.286 e. The van der Waals surface area contributed by atoms with Gasteiger partial charge >= 0.3 is 0 Å². The van der Waals surface area contributed by atoms with Gasteiger partial charge in [0.15, 0.2) is 11.5 Å². The average Bonchev–Trinajstić information content (AvgIpc) is 3.27. The van der Waals surface area contributed by atoms with Gasteiger partial charge in [0, 0.05) is 24.0 Å². The molecule has 0 bridgehead atoms. The quantitative estimate of drug-likeness (QED) is 0.389. The lowest BCUT2D eigenvalue weighted by Gasteiger charge is -2.19. The molecule has 0 spiro atoms. The van der Waals surface area contributed by atoms with Gasteiger partial charge in [-0.3, -0.25) is 19.9 Å². The third kappa shape index (κ3) is 4.82. The van der Waals surface area contributed by atoms with E-state index >= 15 is 0 Å². The number of ether oxygens (including phenoxy) is 2. The van der Waals surface area contributed by atoms with Crippen LogP contribution in [0.15, 0.2) is 41.2 Å². The number of aromatic nitrogens is 3. The van der Waals surface area contributed by atoms with E-state index < -0.39 is 22.6 Å². The van der Waals surface area contributed by atoms with E-state index in [1.807, 2.05) is 13.8 Å². The fourth-order valence-electron chi connectivity index (χ4n) is 3.02. The molecular weight excluding hydrogens is 418 g/mol. The molecule has 0 radical (unpaired) electrons. The van der Waals surface area contributed by atoms with Crippen molar-refractivity contribution < 1.29 is 23.7 Å². The molecule has 0 aliphatic carbocycles. The van der Waals surface area contributed by atoms with Gasteiger partial charge in [-0.25, -0.2) is 0 Å². The lowest BCUT2D eigenvalue weighted by molar-refractivity contribution is -0.385. The van der Waals surface area contributed by atoms with Gasteiger partial charge in [0.1, 0.15) is 11.6 Å². The van der Waals surface area contributed by atoms with E-state index in [-0.39, 0.29) is 28.9 Å². The summed E-state index contributed by atoms with van der Waals surface area (Å²) in [7, 11) is 1.37. The highest BCUT2D eigenvalue weighted by Crippen LogP contribution is 2.35. The fourth-order valence-corrected chi connectivity index (χ4v) is 3.02. The standard InChI is InChI=1S/C21H23N5O6/c1-5-31-17-10-14(15(26(28)29)11-16(17)30-4)20(27)23-18(12(2)3)21-24-19(25-32-21)13-6-8-22-9-7-13/h6-12,18H,5H2,1-4H3,(H,23,27). The Kier molecular flexibility index (Phi) is 6.98. The topological polar surface area (TPSA) is 143 Å². The summed E-state index contributed by atoms with van der Waals surface area (Å²) in [5.74, 6) is 0.0905. The van der Waals surface area contributed by atoms with Crippen LogP contribution < -0.4 is 14.8 Å². The zero-order chi connectivity index (χ0) is 23.3. The second-order valence-corrected chi connectivity index (χ2v) is 7.10. The molecule has 2 aromatic heterocycles. The number of nitrogens with zero attached hydrogens (tertiary/aromatic N) is 4. The minimum absolute atomic E-state index is 0.145. The third-order valence-electron chi connectivity index (χ3n) is 4.62. The van der Waals surface area contributed by atoms with Gasteiger partial charge in [0.2, 0.25) is 11.7 Å². The van der Waals surface area contributed by atoms with Crippen molar-refractivity contribution in [3.8, 4) is 22.9 Å². The molecule has 11 heteroatoms. The number of nitrogens with one attached hydrogen (secondary N) is 1. The van der Waals surface area contributed by atoms with Gasteiger partial charge in [-0.1, -0.05) is 19.0 Å². The number of methoxy groups -OCH3 is 1. The summed E-state index contributed by atoms with van der Waals surface area (Å²) in [6, 6.07) is 5.24. The first kappa shape index (κ1) is 22.7. The van der Waals surface area contributed by atoms with E-state index in [9.17, 15) is 14.9 Å². The molecule has 0 aliphatic heterocycles. The van der Waals surface area contributed by atoms with Crippen molar-refractivity contribution in [3.63, 3.8) is 0 Å². The summed E-state index contributed by atoms with van der Waals surface area (Å²) in [6.45, 7) is 5.76. The van der Waals surface area contributed by atoms with Gasteiger partial charge in [-0.05, 0) is 25.0 Å². The summed E-state index contributed by atoms with van der Waals surface area (Å²) in [5.41, 5.74) is 0.128. The highest BCUT2D eigenvalue weighted by Gasteiger charge is 2.30. The monoisotopic (exact) mass is 441 g/mol. The Morgan fingerprint density at radius 3 is 2.56 bits per heavy atom. The van der Waals surface area contributed by atoms with Crippen molar-refractivity contribution in [2.24, 2.45) is 5.92 Å². The maximum atomic E-state index is 13.1. The molecule has 1 amide bonds. The van der Waals surface area contributed by atoms with Crippen LogP contribution in [-0.4, -0.2) is 39.7 Å². The minimum Gasteiger partial charge on any atom is -0.493 e. The van der Waals surface area contributed by atoms with Gasteiger partial charge < -0.3 is 19.3 Å². The average molecular weight is 441 g/mol. The van der Waals surface area contributed by atoms with E-state index in [0.29, 0.717) is 18.0 Å². The van der Waals surface area contributed by atoms with Crippen molar-refractivity contribution in [1.82, 2.24) is 20.4 Å². The van der Waals surface area contributed by atoms with E-state index in [1.54, 1.807) is 31.5 Å². The lowest BCUT2D eigenvalue weighted by Crippen LogP contribution is -2.32. The predicted molar refractivity (Wildman–Crippen MR) is 113 cm³/mol. The van der Waals surface area contributed by atoms with Crippen LogP contribution in [0.2, 0.25) is 0 Å². The summed E-state index contributed by atoms with van der Waals surface area (Å²) < 4.78 is 16.0. The van der Waals surface area contributed by atoms with Crippen LogP contribution in [0.5, 0.6) is 11.5 Å². The normalized spacial score (nSPS) is 11.8. The van der Waals surface area contributed by atoms with Crippen LogP contribution in [-0.2, 0) is 0 Å². The second-order valence-electron chi connectivity index (χ2n) is 7.10. The molecule has 168 valence electrons. The molecule has 1 atom stereocenters. The van der Waals surface area contributed by atoms with Crippen LogP contribution >= 0.6 is 0 Å². The first-order valence-electron chi connectivity index (χ1n) is 9.89.